The Kier molecular flexibility index (Phi) is 3.03. The molecular formula is C8H13N3O2S2. The van der Waals surface area contributed by atoms with Crippen molar-refractivity contribution < 1.29 is 8.42 Å². The summed E-state index contributed by atoms with van der Waals surface area (Å²) in [5.41, 5.74) is 0. The highest BCUT2D eigenvalue weighted by atomic mass is 32.2. The highest BCUT2D eigenvalue weighted by molar-refractivity contribution is 7.99. The zero-order chi connectivity index (χ0) is 10.9. The average Bonchev–Trinajstić information content (AvgIpc) is 2.89. The molecule has 0 bridgehead atoms. The van der Waals surface area contributed by atoms with E-state index in [4.69, 9.17) is 0 Å². The third kappa shape index (κ3) is 2.04. The molecule has 1 saturated heterocycles. The standard InChI is InChI=1S/C8H13N3O2S2/c1-11(7-3-5-14-6-7)15(12,13)8-2-4-9-10-8/h2,4,7H,3,5-6H2,1H3,(H,9,10). The van der Waals surface area contributed by atoms with Crippen LogP contribution in [0.3, 0.4) is 0 Å². The number of nitrogens with one attached hydrogen (secondary N) is 1. The van der Waals surface area contributed by atoms with Gasteiger partial charge in [0.15, 0.2) is 5.03 Å². The molecule has 7 heteroatoms. The second-order valence-corrected chi connectivity index (χ2v) is 6.58. The van der Waals surface area contributed by atoms with Crippen LogP contribution < -0.4 is 0 Å². The molecule has 84 valence electrons. The van der Waals surface area contributed by atoms with Crippen LogP contribution in [0.25, 0.3) is 0 Å². The number of H-pyrrole nitrogens is 1. The smallest absolute Gasteiger partial charge is 0.259 e. The van der Waals surface area contributed by atoms with Gasteiger partial charge >= 0.3 is 0 Å². The third-order valence-corrected chi connectivity index (χ3v) is 5.54. The van der Waals surface area contributed by atoms with Gasteiger partial charge in [-0.25, -0.2) is 8.42 Å². The number of aromatic nitrogens is 2. The fourth-order valence-corrected chi connectivity index (χ4v) is 4.19. The highest BCUT2D eigenvalue weighted by Gasteiger charge is 2.30. The van der Waals surface area contributed by atoms with E-state index >= 15 is 0 Å². The van der Waals surface area contributed by atoms with Crippen LogP contribution in [-0.4, -0.2) is 47.5 Å². The van der Waals surface area contributed by atoms with Gasteiger partial charge in [-0.15, -0.1) is 0 Å². The van der Waals surface area contributed by atoms with Crippen molar-refractivity contribution in [3.63, 3.8) is 0 Å². The molecule has 1 unspecified atom stereocenters. The number of nitrogens with zero attached hydrogens (tertiary/aromatic N) is 2. The lowest BCUT2D eigenvalue weighted by Gasteiger charge is -2.21. The molecule has 1 atom stereocenters. The Morgan fingerprint density at radius 3 is 3.00 bits per heavy atom. The van der Waals surface area contributed by atoms with Crippen molar-refractivity contribution in [1.82, 2.24) is 14.5 Å². The van der Waals surface area contributed by atoms with E-state index in [9.17, 15) is 8.42 Å². The van der Waals surface area contributed by atoms with Crippen molar-refractivity contribution in [3.8, 4) is 0 Å². The fourth-order valence-electron chi connectivity index (χ4n) is 1.55. The fraction of sp³-hybridized carbons (Fsp3) is 0.625. The molecule has 0 aliphatic carbocycles. The topological polar surface area (TPSA) is 66.1 Å². The molecule has 15 heavy (non-hydrogen) atoms. The lowest BCUT2D eigenvalue weighted by Crippen LogP contribution is -2.37. The molecule has 1 fully saturated rings. The number of sulfonamides is 1. The van der Waals surface area contributed by atoms with Gasteiger partial charge in [-0.05, 0) is 18.2 Å². The summed E-state index contributed by atoms with van der Waals surface area (Å²) in [6.07, 6.45) is 2.37. The molecule has 1 aromatic rings. The Hall–Kier alpha value is -0.530. The number of hydrogen-bond acceptors (Lipinski definition) is 4. The van der Waals surface area contributed by atoms with Crippen molar-refractivity contribution in [2.75, 3.05) is 18.6 Å². The van der Waals surface area contributed by atoms with Crippen molar-refractivity contribution in [2.24, 2.45) is 0 Å². The Bertz CT molecular complexity index is 409. The minimum absolute atomic E-state index is 0.114. The predicted octanol–water partition coefficient (Wildman–Crippen LogP) is 0.536. The molecule has 1 N–H and O–H groups in total. The minimum atomic E-state index is -3.38. The summed E-state index contributed by atoms with van der Waals surface area (Å²) in [5, 5.41) is 6.33. The zero-order valence-corrected chi connectivity index (χ0v) is 10.0. The summed E-state index contributed by atoms with van der Waals surface area (Å²) in [6.45, 7) is 0. The molecule has 2 rings (SSSR count). The van der Waals surface area contributed by atoms with Crippen LogP contribution in [0.2, 0.25) is 0 Å². The van der Waals surface area contributed by atoms with E-state index < -0.39 is 10.0 Å². The first kappa shape index (κ1) is 11.0. The summed E-state index contributed by atoms with van der Waals surface area (Å²) in [6, 6.07) is 1.59. The minimum Gasteiger partial charge on any atom is -0.266 e. The molecule has 0 radical (unpaired) electrons. The maximum Gasteiger partial charge on any atom is 0.259 e. The van der Waals surface area contributed by atoms with Crippen molar-refractivity contribution in [2.45, 2.75) is 17.5 Å². The first-order valence-corrected chi connectivity index (χ1v) is 7.27. The quantitative estimate of drug-likeness (QED) is 0.846. The molecule has 1 aliphatic heterocycles. The average molecular weight is 247 g/mol. The van der Waals surface area contributed by atoms with E-state index in [1.54, 1.807) is 18.8 Å². The van der Waals surface area contributed by atoms with Gasteiger partial charge in [-0.3, -0.25) is 5.10 Å². The SMILES string of the molecule is CN(C1CCSC1)S(=O)(=O)c1ccn[nH]1. The number of aromatic amines is 1. The normalized spacial score (nSPS) is 22.4. The maximum absolute atomic E-state index is 12.0. The van der Waals surface area contributed by atoms with Gasteiger partial charge in [0.1, 0.15) is 0 Å². The van der Waals surface area contributed by atoms with Crippen LogP contribution >= 0.6 is 11.8 Å². The molecule has 0 aromatic carbocycles. The largest absolute Gasteiger partial charge is 0.266 e. The monoisotopic (exact) mass is 247 g/mol. The summed E-state index contributed by atoms with van der Waals surface area (Å²) in [7, 11) is -1.75. The lowest BCUT2D eigenvalue weighted by atomic mass is 10.3. The maximum atomic E-state index is 12.0. The van der Waals surface area contributed by atoms with E-state index in [0.717, 1.165) is 17.9 Å². The second kappa shape index (κ2) is 4.15. The van der Waals surface area contributed by atoms with Gasteiger partial charge in [0.05, 0.1) is 6.20 Å². The number of hydrogen-bond donors (Lipinski definition) is 1. The molecule has 2 heterocycles. The third-order valence-electron chi connectivity index (χ3n) is 2.55. The molecule has 0 saturated carbocycles. The Labute approximate surface area is 93.3 Å². The highest BCUT2D eigenvalue weighted by Crippen LogP contribution is 2.25. The summed E-state index contributed by atoms with van der Waals surface area (Å²) in [5.74, 6) is 1.91. The molecule has 1 aromatic heterocycles. The number of rotatable bonds is 3. The van der Waals surface area contributed by atoms with E-state index in [1.807, 2.05) is 0 Å². The van der Waals surface area contributed by atoms with E-state index in [-0.39, 0.29) is 11.1 Å². The van der Waals surface area contributed by atoms with Crippen LogP contribution in [0, 0.1) is 0 Å². The van der Waals surface area contributed by atoms with E-state index in [0.29, 0.717) is 0 Å². The Morgan fingerprint density at radius 2 is 2.47 bits per heavy atom. The molecular weight excluding hydrogens is 234 g/mol. The van der Waals surface area contributed by atoms with Gasteiger partial charge in [0, 0.05) is 18.8 Å². The summed E-state index contributed by atoms with van der Waals surface area (Å²) in [4.78, 5) is 0. The lowest BCUT2D eigenvalue weighted by molar-refractivity contribution is 0.393. The summed E-state index contributed by atoms with van der Waals surface area (Å²) < 4.78 is 25.5. The first-order chi connectivity index (χ1) is 7.12. The zero-order valence-electron chi connectivity index (χ0n) is 8.38. The molecule has 0 amide bonds. The van der Waals surface area contributed by atoms with Crippen LogP contribution in [0.4, 0.5) is 0 Å². The van der Waals surface area contributed by atoms with Crippen molar-refractivity contribution in [1.29, 1.82) is 0 Å². The van der Waals surface area contributed by atoms with Crippen LogP contribution in [-0.2, 0) is 10.0 Å². The van der Waals surface area contributed by atoms with Crippen molar-refractivity contribution >= 4 is 21.8 Å². The molecule has 5 nitrogen and oxygen atoms in total. The van der Waals surface area contributed by atoms with Gasteiger partial charge in [-0.2, -0.15) is 21.2 Å². The van der Waals surface area contributed by atoms with Gasteiger partial charge < -0.3 is 0 Å². The first-order valence-electron chi connectivity index (χ1n) is 4.67. The summed E-state index contributed by atoms with van der Waals surface area (Å²) >= 11 is 1.79. The Morgan fingerprint density at radius 1 is 1.67 bits per heavy atom. The van der Waals surface area contributed by atoms with E-state index in [1.165, 1.54) is 16.6 Å². The molecule has 1 aliphatic rings. The van der Waals surface area contributed by atoms with Gasteiger partial charge in [0.25, 0.3) is 10.0 Å². The Balaban J connectivity index is 2.22. The second-order valence-electron chi connectivity index (χ2n) is 3.46. The van der Waals surface area contributed by atoms with Gasteiger partial charge in [0.2, 0.25) is 0 Å². The van der Waals surface area contributed by atoms with Crippen LogP contribution in [0.1, 0.15) is 6.42 Å². The van der Waals surface area contributed by atoms with Crippen LogP contribution in [0.15, 0.2) is 17.3 Å². The number of thioether (sulfide) groups is 1. The molecule has 0 spiro atoms. The van der Waals surface area contributed by atoms with E-state index in [2.05, 4.69) is 10.2 Å². The van der Waals surface area contributed by atoms with Crippen LogP contribution in [0.5, 0.6) is 0 Å². The predicted molar refractivity (Wildman–Crippen MR) is 59.3 cm³/mol. The van der Waals surface area contributed by atoms with Gasteiger partial charge in [-0.1, -0.05) is 0 Å². The van der Waals surface area contributed by atoms with Crippen molar-refractivity contribution in [3.05, 3.63) is 12.3 Å².